The van der Waals surface area contributed by atoms with Gasteiger partial charge in [-0.25, -0.2) is 0 Å². The Morgan fingerprint density at radius 1 is 0.970 bits per heavy atom. The van der Waals surface area contributed by atoms with E-state index in [2.05, 4.69) is 65.6 Å². The predicted molar refractivity (Wildman–Crippen MR) is 138 cm³/mol. The number of hydrogen-bond donors (Lipinski definition) is 0. The third kappa shape index (κ3) is 3.81. The molecule has 0 atom stereocenters. The number of fused-ring (bicyclic) bond motifs is 5. The highest BCUT2D eigenvalue weighted by Crippen LogP contribution is 2.53. The number of rotatable bonds is 6. The maximum absolute atomic E-state index is 6.09. The van der Waals surface area contributed by atoms with Gasteiger partial charge in [0.1, 0.15) is 18.1 Å². The molecule has 1 fully saturated rings. The summed E-state index contributed by atoms with van der Waals surface area (Å²) in [6, 6.07) is 15.2. The van der Waals surface area contributed by atoms with E-state index in [4.69, 9.17) is 9.47 Å². The van der Waals surface area contributed by atoms with Crippen molar-refractivity contribution in [3.8, 4) is 11.5 Å². The van der Waals surface area contributed by atoms with E-state index >= 15 is 0 Å². The summed E-state index contributed by atoms with van der Waals surface area (Å²) in [7, 11) is 1.73. The van der Waals surface area contributed by atoms with Crippen molar-refractivity contribution in [2.45, 2.75) is 25.7 Å². The SMILES string of the molecule is COc1ccc2c3c(sc2c1)C1=CC=CCC1=C3c1ccc(OCCN2CCCCC2)cc1. The molecule has 0 spiro atoms. The monoisotopic (exact) mass is 455 g/mol. The lowest BCUT2D eigenvalue weighted by molar-refractivity contribution is 0.183. The highest BCUT2D eigenvalue weighted by Gasteiger charge is 2.31. The van der Waals surface area contributed by atoms with Crippen LogP contribution in [-0.4, -0.2) is 38.3 Å². The second kappa shape index (κ2) is 8.85. The predicted octanol–water partition coefficient (Wildman–Crippen LogP) is 6.93. The minimum atomic E-state index is 0.756. The molecule has 1 aliphatic heterocycles. The molecule has 33 heavy (non-hydrogen) atoms. The summed E-state index contributed by atoms with van der Waals surface area (Å²) in [6.07, 6.45) is 11.7. The van der Waals surface area contributed by atoms with Gasteiger partial charge in [-0.1, -0.05) is 36.8 Å². The lowest BCUT2D eigenvalue weighted by Gasteiger charge is -2.26. The molecule has 3 nitrogen and oxygen atoms in total. The highest BCUT2D eigenvalue weighted by atomic mass is 32.1. The third-order valence-corrected chi connectivity index (χ3v) is 8.19. The first-order valence-corrected chi connectivity index (χ1v) is 12.8. The Bertz CT molecular complexity index is 1270. The molecule has 3 aromatic rings. The van der Waals surface area contributed by atoms with Crippen molar-refractivity contribution in [3.63, 3.8) is 0 Å². The molecule has 6 rings (SSSR count). The fourth-order valence-electron chi connectivity index (χ4n) is 5.31. The molecule has 2 aliphatic carbocycles. The standard InChI is InChI=1S/C29H29NO2S/c1-31-22-13-14-25-26(19-22)33-29-24-8-4-3-7-23(24)27(28(25)29)20-9-11-21(12-10-20)32-18-17-30-15-5-2-6-16-30/h3-4,8-14,19H,2,5-7,15-18H2,1H3. The Labute approximate surface area is 199 Å². The van der Waals surface area contributed by atoms with Gasteiger partial charge in [0.05, 0.1) is 7.11 Å². The van der Waals surface area contributed by atoms with E-state index in [0.717, 1.165) is 31.1 Å². The summed E-state index contributed by atoms with van der Waals surface area (Å²) in [4.78, 5) is 3.90. The molecule has 1 aromatic heterocycles. The van der Waals surface area contributed by atoms with Crippen molar-refractivity contribution >= 4 is 32.6 Å². The maximum atomic E-state index is 6.09. The van der Waals surface area contributed by atoms with Crippen LogP contribution in [0.25, 0.3) is 21.2 Å². The first-order chi connectivity index (χ1) is 16.3. The van der Waals surface area contributed by atoms with Gasteiger partial charge in [-0.15, -0.1) is 11.3 Å². The van der Waals surface area contributed by atoms with E-state index < -0.39 is 0 Å². The summed E-state index contributed by atoms with van der Waals surface area (Å²) in [5, 5.41) is 1.32. The van der Waals surface area contributed by atoms with Crippen LogP contribution >= 0.6 is 11.3 Å². The van der Waals surface area contributed by atoms with Gasteiger partial charge in [0, 0.05) is 27.1 Å². The van der Waals surface area contributed by atoms with Gasteiger partial charge in [0.15, 0.2) is 0 Å². The molecule has 0 N–H and O–H groups in total. The van der Waals surface area contributed by atoms with Crippen molar-refractivity contribution in [3.05, 3.63) is 82.3 Å². The molecule has 1 saturated heterocycles. The number of ether oxygens (including phenoxy) is 2. The molecule has 2 heterocycles. The number of methoxy groups -OCH3 is 1. The van der Waals surface area contributed by atoms with Crippen molar-refractivity contribution in [2.24, 2.45) is 0 Å². The molecule has 3 aliphatic rings. The number of likely N-dealkylation sites (tertiary alicyclic amines) is 1. The van der Waals surface area contributed by atoms with Gasteiger partial charge in [-0.3, -0.25) is 4.90 Å². The number of piperidine rings is 1. The highest BCUT2D eigenvalue weighted by molar-refractivity contribution is 7.20. The minimum absolute atomic E-state index is 0.756. The van der Waals surface area contributed by atoms with E-state index in [0.29, 0.717) is 0 Å². The fourth-order valence-corrected chi connectivity index (χ4v) is 6.61. The summed E-state index contributed by atoms with van der Waals surface area (Å²) in [6.45, 7) is 4.20. The summed E-state index contributed by atoms with van der Waals surface area (Å²) < 4.78 is 12.8. The Morgan fingerprint density at radius 3 is 2.61 bits per heavy atom. The molecule has 0 amide bonds. The zero-order valence-electron chi connectivity index (χ0n) is 19.1. The van der Waals surface area contributed by atoms with Gasteiger partial charge >= 0.3 is 0 Å². The van der Waals surface area contributed by atoms with Gasteiger partial charge in [0.25, 0.3) is 0 Å². The normalized spacial score (nSPS) is 17.8. The summed E-state index contributed by atoms with van der Waals surface area (Å²) >= 11 is 1.87. The maximum Gasteiger partial charge on any atom is 0.120 e. The molecule has 0 unspecified atom stereocenters. The average Bonchev–Trinajstić information content (AvgIpc) is 3.39. The minimum Gasteiger partial charge on any atom is -0.497 e. The number of benzene rings is 2. The van der Waals surface area contributed by atoms with Crippen LogP contribution in [0.2, 0.25) is 0 Å². The van der Waals surface area contributed by atoms with Crippen molar-refractivity contribution < 1.29 is 9.47 Å². The second-order valence-electron chi connectivity index (χ2n) is 9.01. The Hall–Kier alpha value is -2.82. The van der Waals surface area contributed by atoms with Crippen molar-refractivity contribution in [1.82, 2.24) is 4.90 Å². The smallest absolute Gasteiger partial charge is 0.120 e. The Morgan fingerprint density at radius 2 is 1.79 bits per heavy atom. The van der Waals surface area contributed by atoms with Crippen LogP contribution in [0.1, 0.15) is 41.7 Å². The van der Waals surface area contributed by atoms with Crippen LogP contribution < -0.4 is 9.47 Å². The lowest BCUT2D eigenvalue weighted by Crippen LogP contribution is -2.33. The zero-order chi connectivity index (χ0) is 22.2. The first-order valence-electron chi connectivity index (χ1n) is 12.0. The van der Waals surface area contributed by atoms with Crippen LogP contribution in [-0.2, 0) is 0 Å². The quantitative estimate of drug-likeness (QED) is 0.402. The molecular formula is C29H29NO2S. The number of hydrogen-bond acceptors (Lipinski definition) is 4. The fraction of sp³-hybridized carbons (Fsp3) is 0.310. The van der Waals surface area contributed by atoms with E-state index in [1.54, 1.807) is 7.11 Å². The summed E-state index contributed by atoms with van der Waals surface area (Å²) in [5.41, 5.74) is 6.84. The second-order valence-corrected chi connectivity index (χ2v) is 10.1. The van der Waals surface area contributed by atoms with Gasteiger partial charge in [-0.2, -0.15) is 0 Å². The van der Waals surface area contributed by atoms with E-state index in [9.17, 15) is 0 Å². The van der Waals surface area contributed by atoms with E-state index in [1.807, 2.05) is 11.3 Å². The van der Waals surface area contributed by atoms with Crippen LogP contribution in [0.5, 0.6) is 11.5 Å². The van der Waals surface area contributed by atoms with Crippen LogP contribution in [0, 0.1) is 0 Å². The number of thiophene rings is 1. The van der Waals surface area contributed by atoms with Gasteiger partial charge in [0.2, 0.25) is 0 Å². The Kier molecular flexibility index (Phi) is 5.57. The lowest BCUT2D eigenvalue weighted by atomic mass is 9.93. The van der Waals surface area contributed by atoms with Crippen LogP contribution in [0.3, 0.4) is 0 Å². The van der Waals surface area contributed by atoms with Gasteiger partial charge in [-0.05, 0) is 85.0 Å². The van der Waals surface area contributed by atoms with Crippen molar-refractivity contribution in [2.75, 3.05) is 33.4 Å². The number of nitrogens with zero attached hydrogens (tertiary/aromatic N) is 1. The molecule has 0 saturated carbocycles. The molecule has 0 radical (unpaired) electrons. The topological polar surface area (TPSA) is 21.7 Å². The molecule has 2 aromatic carbocycles. The van der Waals surface area contributed by atoms with E-state index in [1.165, 1.54) is 75.2 Å². The van der Waals surface area contributed by atoms with Crippen LogP contribution in [0.4, 0.5) is 0 Å². The largest absolute Gasteiger partial charge is 0.497 e. The first kappa shape index (κ1) is 20.8. The molecule has 4 heteroatoms. The molecule has 168 valence electrons. The summed E-state index contributed by atoms with van der Waals surface area (Å²) in [5.74, 6) is 1.87. The van der Waals surface area contributed by atoms with Crippen LogP contribution in [0.15, 0.2) is 66.3 Å². The van der Waals surface area contributed by atoms with Gasteiger partial charge < -0.3 is 9.47 Å². The average molecular weight is 456 g/mol. The third-order valence-electron chi connectivity index (χ3n) is 7.01. The molecular weight excluding hydrogens is 426 g/mol. The Balaban J connectivity index is 1.29. The number of allylic oxidation sites excluding steroid dienone is 5. The van der Waals surface area contributed by atoms with Crippen molar-refractivity contribution in [1.29, 1.82) is 0 Å². The molecule has 0 bridgehead atoms. The zero-order valence-corrected chi connectivity index (χ0v) is 19.9. The van der Waals surface area contributed by atoms with E-state index in [-0.39, 0.29) is 0 Å².